The zero-order chi connectivity index (χ0) is 31.3. The lowest BCUT2D eigenvalue weighted by molar-refractivity contribution is 0.1000. The maximum absolute atomic E-state index is 11.9. The second-order valence-electron chi connectivity index (χ2n) is 11.1. The first-order valence-corrected chi connectivity index (χ1v) is 15.3. The highest BCUT2D eigenvalue weighted by molar-refractivity contribution is 5.92. The van der Waals surface area contributed by atoms with Gasteiger partial charge in [0.15, 0.2) is 11.5 Å². The third-order valence-corrected chi connectivity index (χ3v) is 7.88. The topological polar surface area (TPSA) is 93.8 Å². The fraction of sp³-hybridized carbons (Fsp3) is 0.205. The third kappa shape index (κ3) is 9.29. The SMILES string of the molecule is NC(=O)c1cccc(C(CCNC(CO)c2ccc(OCc3ccccc3)c(OCc3ccccc3)c2)Cc2ccccc2)c1. The van der Waals surface area contributed by atoms with Crippen molar-refractivity contribution in [2.24, 2.45) is 5.73 Å². The highest BCUT2D eigenvalue weighted by Gasteiger charge is 2.18. The first-order valence-electron chi connectivity index (χ1n) is 15.3. The van der Waals surface area contributed by atoms with E-state index in [0.717, 1.165) is 35.1 Å². The Bertz CT molecular complexity index is 1630. The molecule has 0 aromatic heterocycles. The summed E-state index contributed by atoms with van der Waals surface area (Å²) in [6.45, 7) is 1.39. The number of hydrogen-bond acceptors (Lipinski definition) is 5. The number of carbonyl (C=O) groups is 1. The summed E-state index contributed by atoms with van der Waals surface area (Å²) in [5, 5.41) is 14.0. The Kier molecular flexibility index (Phi) is 11.4. The van der Waals surface area contributed by atoms with E-state index in [1.54, 1.807) is 6.07 Å². The minimum atomic E-state index is -0.435. The molecule has 5 rings (SSSR count). The number of rotatable bonds is 16. The molecule has 0 aliphatic carbocycles. The zero-order valence-corrected chi connectivity index (χ0v) is 25.3. The molecule has 0 aliphatic heterocycles. The summed E-state index contributed by atoms with van der Waals surface area (Å²) < 4.78 is 12.5. The number of primary amides is 1. The van der Waals surface area contributed by atoms with E-state index in [4.69, 9.17) is 15.2 Å². The molecule has 6 nitrogen and oxygen atoms in total. The number of benzene rings is 5. The van der Waals surface area contributed by atoms with Crippen molar-refractivity contribution in [3.8, 4) is 11.5 Å². The van der Waals surface area contributed by atoms with Crippen LogP contribution in [-0.2, 0) is 19.6 Å². The van der Waals surface area contributed by atoms with Gasteiger partial charge in [-0.3, -0.25) is 4.79 Å². The van der Waals surface area contributed by atoms with Crippen molar-refractivity contribution in [1.82, 2.24) is 5.32 Å². The predicted molar refractivity (Wildman–Crippen MR) is 178 cm³/mol. The first-order chi connectivity index (χ1) is 22.1. The van der Waals surface area contributed by atoms with Crippen LogP contribution in [0, 0.1) is 0 Å². The van der Waals surface area contributed by atoms with Gasteiger partial charge >= 0.3 is 0 Å². The van der Waals surface area contributed by atoms with E-state index in [2.05, 4.69) is 17.4 Å². The maximum atomic E-state index is 11.9. The van der Waals surface area contributed by atoms with E-state index in [1.165, 1.54) is 5.56 Å². The van der Waals surface area contributed by atoms with E-state index in [0.29, 0.717) is 36.8 Å². The zero-order valence-electron chi connectivity index (χ0n) is 25.3. The molecule has 4 N–H and O–H groups in total. The molecule has 0 saturated heterocycles. The minimum absolute atomic E-state index is 0.0805. The normalized spacial score (nSPS) is 12.3. The molecular formula is C39H40N2O4. The molecule has 0 fully saturated rings. The van der Waals surface area contributed by atoms with E-state index in [1.807, 2.05) is 115 Å². The largest absolute Gasteiger partial charge is 0.485 e. The Morgan fingerprint density at radius 2 is 1.27 bits per heavy atom. The van der Waals surface area contributed by atoms with Crippen molar-refractivity contribution in [3.05, 3.63) is 167 Å². The van der Waals surface area contributed by atoms with E-state index < -0.39 is 5.91 Å². The third-order valence-electron chi connectivity index (χ3n) is 7.88. The monoisotopic (exact) mass is 600 g/mol. The summed E-state index contributed by atoms with van der Waals surface area (Å²) in [5.74, 6) is 0.984. The molecule has 2 atom stereocenters. The molecule has 0 heterocycles. The lowest BCUT2D eigenvalue weighted by Crippen LogP contribution is -2.27. The van der Waals surface area contributed by atoms with Gasteiger partial charge in [-0.25, -0.2) is 0 Å². The Hall–Kier alpha value is -4.91. The van der Waals surface area contributed by atoms with Gasteiger partial charge in [-0.2, -0.15) is 0 Å². The number of hydrogen-bond donors (Lipinski definition) is 3. The van der Waals surface area contributed by atoms with Crippen molar-refractivity contribution in [3.63, 3.8) is 0 Å². The summed E-state index contributed by atoms with van der Waals surface area (Å²) in [7, 11) is 0. The highest BCUT2D eigenvalue weighted by Crippen LogP contribution is 2.33. The lowest BCUT2D eigenvalue weighted by Gasteiger charge is -2.22. The van der Waals surface area contributed by atoms with Crippen LogP contribution in [0.2, 0.25) is 0 Å². The molecule has 0 bridgehead atoms. The maximum Gasteiger partial charge on any atom is 0.248 e. The number of aliphatic hydroxyl groups is 1. The van der Waals surface area contributed by atoms with Crippen LogP contribution in [0.5, 0.6) is 11.5 Å². The molecule has 1 amide bonds. The van der Waals surface area contributed by atoms with Crippen LogP contribution >= 0.6 is 0 Å². The molecule has 5 aromatic carbocycles. The summed E-state index contributed by atoms with van der Waals surface area (Å²) in [4.78, 5) is 11.9. The molecule has 2 unspecified atom stereocenters. The Morgan fingerprint density at radius 1 is 0.667 bits per heavy atom. The van der Waals surface area contributed by atoms with Gasteiger partial charge in [0.2, 0.25) is 5.91 Å². The highest BCUT2D eigenvalue weighted by atomic mass is 16.5. The molecule has 0 saturated carbocycles. The van der Waals surface area contributed by atoms with E-state index in [9.17, 15) is 9.90 Å². The van der Waals surface area contributed by atoms with E-state index >= 15 is 0 Å². The molecule has 0 aliphatic rings. The second kappa shape index (κ2) is 16.2. The van der Waals surface area contributed by atoms with Crippen molar-refractivity contribution in [2.75, 3.05) is 13.2 Å². The number of nitrogens with one attached hydrogen (secondary N) is 1. The van der Waals surface area contributed by atoms with Crippen molar-refractivity contribution < 1.29 is 19.4 Å². The quantitative estimate of drug-likeness (QED) is 0.114. The van der Waals surface area contributed by atoms with Gasteiger partial charge in [-0.1, -0.05) is 109 Å². The number of carbonyl (C=O) groups excluding carboxylic acids is 1. The fourth-order valence-electron chi connectivity index (χ4n) is 5.39. The molecule has 45 heavy (non-hydrogen) atoms. The lowest BCUT2D eigenvalue weighted by atomic mass is 9.88. The Balaban J connectivity index is 1.31. The second-order valence-corrected chi connectivity index (χ2v) is 11.1. The smallest absolute Gasteiger partial charge is 0.248 e. The van der Waals surface area contributed by atoms with Crippen LogP contribution in [0.25, 0.3) is 0 Å². The average molecular weight is 601 g/mol. The number of nitrogens with two attached hydrogens (primary N) is 1. The van der Waals surface area contributed by atoms with Gasteiger partial charge in [-0.15, -0.1) is 0 Å². The summed E-state index contributed by atoms with van der Waals surface area (Å²) >= 11 is 0. The predicted octanol–water partition coefficient (Wildman–Crippen LogP) is 6.98. The average Bonchev–Trinajstić information content (AvgIpc) is 3.09. The van der Waals surface area contributed by atoms with Crippen molar-refractivity contribution in [1.29, 1.82) is 0 Å². The fourth-order valence-corrected chi connectivity index (χ4v) is 5.39. The molecule has 0 spiro atoms. The van der Waals surface area contributed by atoms with Crippen LogP contribution in [0.15, 0.2) is 133 Å². The summed E-state index contributed by atoms with van der Waals surface area (Å²) in [6.07, 6.45) is 1.61. The van der Waals surface area contributed by atoms with Gasteiger partial charge in [0, 0.05) is 5.56 Å². The molecule has 5 aromatic rings. The first kappa shape index (κ1) is 31.5. The summed E-state index contributed by atoms with van der Waals surface area (Å²) in [5.41, 5.74) is 11.4. The van der Waals surface area contributed by atoms with Crippen LogP contribution in [0.3, 0.4) is 0 Å². The van der Waals surface area contributed by atoms with Crippen LogP contribution in [0.1, 0.15) is 56.6 Å². The van der Waals surface area contributed by atoms with Gasteiger partial charge in [0.25, 0.3) is 0 Å². The van der Waals surface area contributed by atoms with Crippen LogP contribution < -0.4 is 20.5 Å². The Labute approximate surface area is 265 Å². The molecular weight excluding hydrogens is 560 g/mol. The van der Waals surface area contributed by atoms with Gasteiger partial charge in [0.1, 0.15) is 13.2 Å². The van der Waals surface area contributed by atoms with Crippen LogP contribution in [0.4, 0.5) is 0 Å². The van der Waals surface area contributed by atoms with Gasteiger partial charge < -0.3 is 25.6 Å². The van der Waals surface area contributed by atoms with Gasteiger partial charge in [-0.05, 0) is 77.4 Å². The number of ether oxygens (including phenoxy) is 2. The van der Waals surface area contributed by atoms with Crippen molar-refractivity contribution in [2.45, 2.75) is 38.0 Å². The Morgan fingerprint density at radius 3 is 1.87 bits per heavy atom. The molecule has 230 valence electrons. The number of amides is 1. The standard InChI is InChI=1S/C39H40N2O4/c40-39(43)35-18-10-17-32(24-35)33(23-29-11-4-1-5-12-29)21-22-41-36(26-42)34-19-20-37(44-27-30-13-6-2-7-14-30)38(25-34)45-28-31-15-8-3-9-16-31/h1-20,24-25,33,36,41-42H,21-23,26-28H2,(H2,40,43). The minimum Gasteiger partial charge on any atom is -0.485 e. The van der Waals surface area contributed by atoms with Crippen molar-refractivity contribution >= 4 is 5.91 Å². The number of aliphatic hydroxyl groups excluding tert-OH is 1. The summed E-state index contributed by atoms with van der Waals surface area (Å²) in [6, 6.07) is 43.5. The molecule has 6 heteroatoms. The van der Waals surface area contributed by atoms with Gasteiger partial charge in [0.05, 0.1) is 12.6 Å². The van der Waals surface area contributed by atoms with Crippen LogP contribution in [-0.4, -0.2) is 24.2 Å². The van der Waals surface area contributed by atoms with E-state index in [-0.39, 0.29) is 18.6 Å². The molecule has 0 radical (unpaired) electrons.